The second kappa shape index (κ2) is 8.61. The fourth-order valence-electron chi connectivity index (χ4n) is 3.08. The number of ether oxygens (including phenoxy) is 2. The Labute approximate surface area is 138 Å². The van der Waals surface area contributed by atoms with Gasteiger partial charge in [0.15, 0.2) is 0 Å². The number of para-hydroxylation sites is 1. The van der Waals surface area contributed by atoms with Crippen molar-refractivity contribution in [3.63, 3.8) is 0 Å². The van der Waals surface area contributed by atoms with Gasteiger partial charge in [-0.3, -0.25) is 0 Å². The number of pyridine rings is 1. The van der Waals surface area contributed by atoms with Gasteiger partial charge in [-0.2, -0.15) is 0 Å². The van der Waals surface area contributed by atoms with Crippen LogP contribution in [0.5, 0.6) is 11.6 Å². The zero-order valence-electron chi connectivity index (χ0n) is 14.4. The Morgan fingerprint density at radius 3 is 2.35 bits per heavy atom. The molecule has 126 valence electrons. The Kier molecular flexibility index (Phi) is 6.51. The highest BCUT2D eigenvalue weighted by Crippen LogP contribution is 2.34. The van der Waals surface area contributed by atoms with Gasteiger partial charge in [-0.25, -0.2) is 0 Å². The van der Waals surface area contributed by atoms with Gasteiger partial charge in [-0.15, -0.1) is 4.73 Å². The van der Waals surface area contributed by atoms with Crippen LogP contribution in [0.3, 0.4) is 0 Å². The van der Waals surface area contributed by atoms with Gasteiger partial charge in [0.25, 0.3) is 0 Å². The van der Waals surface area contributed by atoms with Gasteiger partial charge in [0, 0.05) is 11.6 Å². The van der Waals surface area contributed by atoms with E-state index in [2.05, 4.69) is 6.92 Å². The summed E-state index contributed by atoms with van der Waals surface area (Å²) in [6.07, 6.45) is 8.32. The van der Waals surface area contributed by atoms with Crippen molar-refractivity contribution in [2.24, 2.45) is 0 Å². The topological polar surface area (TPSA) is 45.4 Å². The first-order chi connectivity index (χ1) is 11.2. The standard InChI is InChI=1S/C19H27NO3/c1-4-5-6-7-8-9-13-16-15-12-10-11-14-17(15)20(21)19(23-3)18(16)22-2/h10-12,14H,4-9,13H2,1-3H3. The van der Waals surface area contributed by atoms with E-state index in [1.54, 1.807) is 7.11 Å². The molecule has 1 heterocycles. The first-order valence-corrected chi connectivity index (χ1v) is 8.49. The predicted molar refractivity (Wildman–Crippen MR) is 93.1 cm³/mol. The van der Waals surface area contributed by atoms with Crippen molar-refractivity contribution >= 4 is 10.9 Å². The van der Waals surface area contributed by atoms with Crippen molar-refractivity contribution in [2.75, 3.05) is 14.2 Å². The van der Waals surface area contributed by atoms with Crippen LogP contribution in [0.4, 0.5) is 0 Å². The first kappa shape index (κ1) is 17.4. The molecule has 0 saturated heterocycles. The van der Waals surface area contributed by atoms with Crippen LogP contribution in [-0.4, -0.2) is 14.2 Å². The highest BCUT2D eigenvalue weighted by atomic mass is 16.6. The molecule has 0 aliphatic carbocycles. The van der Waals surface area contributed by atoms with Crippen molar-refractivity contribution in [3.05, 3.63) is 35.0 Å². The molecule has 4 heteroatoms. The van der Waals surface area contributed by atoms with E-state index in [-0.39, 0.29) is 5.88 Å². The lowest BCUT2D eigenvalue weighted by Crippen LogP contribution is -2.30. The molecule has 0 aliphatic heterocycles. The predicted octanol–water partition coefficient (Wildman–Crippen LogP) is 4.39. The summed E-state index contributed by atoms with van der Waals surface area (Å²) in [5, 5.41) is 13.4. The molecule has 23 heavy (non-hydrogen) atoms. The molecule has 0 aliphatic rings. The second-order valence-corrected chi connectivity index (χ2v) is 5.85. The lowest BCUT2D eigenvalue weighted by Gasteiger charge is -2.15. The first-order valence-electron chi connectivity index (χ1n) is 8.49. The highest BCUT2D eigenvalue weighted by molar-refractivity contribution is 5.82. The van der Waals surface area contributed by atoms with E-state index < -0.39 is 0 Å². The molecule has 0 bridgehead atoms. The van der Waals surface area contributed by atoms with E-state index in [1.807, 2.05) is 24.3 Å². The van der Waals surface area contributed by atoms with Crippen molar-refractivity contribution in [3.8, 4) is 11.6 Å². The Morgan fingerprint density at radius 1 is 0.957 bits per heavy atom. The third-order valence-corrected chi connectivity index (χ3v) is 4.28. The van der Waals surface area contributed by atoms with Crippen molar-refractivity contribution in [1.29, 1.82) is 0 Å². The molecule has 4 nitrogen and oxygen atoms in total. The van der Waals surface area contributed by atoms with Crippen LogP contribution in [0.2, 0.25) is 0 Å². The van der Waals surface area contributed by atoms with Crippen LogP contribution >= 0.6 is 0 Å². The number of nitrogens with zero attached hydrogens (tertiary/aromatic N) is 1. The van der Waals surface area contributed by atoms with Crippen LogP contribution in [-0.2, 0) is 6.42 Å². The van der Waals surface area contributed by atoms with Gasteiger partial charge in [0.2, 0.25) is 11.3 Å². The molecule has 1 aromatic heterocycles. The van der Waals surface area contributed by atoms with Gasteiger partial charge in [-0.1, -0.05) is 51.2 Å². The van der Waals surface area contributed by atoms with Crippen LogP contribution in [0, 0.1) is 5.21 Å². The van der Waals surface area contributed by atoms with E-state index in [0.717, 1.165) is 28.5 Å². The molecule has 0 atom stereocenters. The van der Waals surface area contributed by atoms with Crippen molar-refractivity contribution < 1.29 is 14.2 Å². The summed E-state index contributed by atoms with van der Waals surface area (Å²) in [7, 11) is 3.10. The third kappa shape index (κ3) is 3.87. The molecule has 0 N–H and O–H groups in total. The number of aromatic nitrogens is 1. The molecule has 0 fully saturated rings. The van der Waals surface area contributed by atoms with E-state index in [4.69, 9.17) is 9.47 Å². The summed E-state index contributed by atoms with van der Waals surface area (Å²) in [6.45, 7) is 2.23. The summed E-state index contributed by atoms with van der Waals surface area (Å²) in [6, 6.07) is 7.64. The largest absolute Gasteiger partial charge is 0.615 e. The number of methoxy groups -OCH3 is 2. The van der Waals surface area contributed by atoms with Crippen LogP contribution in [0.25, 0.3) is 10.9 Å². The van der Waals surface area contributed by atoms with Gasteiger partial charge in [0.05, 0.1) is 19.6 Å². The van der Waals surface area contributed by atoms with E-state index in [0.29, 0.717) is 11.3 Å². The minimum absolute atomic E-state index is 0.243. The van der Waals surface area contributed by atoms with E-state index >= 15 is 0 Å². The molecule has 0 spiro atoms. The minimum atomic E-state index is 0.243. The maximum atomic E-state index is 12.5. The van der Waals surface area contributed by atoms with E-state index in [9.17, 15) is 5.21 Å². The number of fused-ring (bicyclic) bond motifs is 1. The van der Waals surface area contributed by atoms with Crippen molar-refractivity contribution in [1.82, 2.24) is 0 Å². The summed E-state index contributed by atoms with van der Waals surface area (Å²) < 4.78 is 11.6. The molecule has 0 amide bonds. The average Bonchev–Trinajstić information content (AvgIpc) is 2.59. The number of rotatable bonds is 9. The molecule has 2 aromatic rings. The number of hydrogen-bond acceptors (Lipinski definition) is 3. The highest BCUT2D eigenvalue weighted by Gasteiger charge is 2.24. The fourth-order valence-corrected chi connectivity index (χ4v) is 3.08. The maximum Gasteiger partial charge on any atom is 0.423 e. The number of benzene rings is 1. The SMILES string of the molecule is CCCCCCCCc1c(OC)c(OC)[n+]([O-])c2ccccc12. The zero-order chi connectivity index (χ0) is 16.7. The number of hydrogen-bond donors (Lipinski definition) is 0. The lowest BCUT2D eigenvalue weighted by atomic mass is 10.0. The molecular weight excluding hydrogens is 290 g/mol. The van der Waals surface area contributed by atoms with Gasteiger partial charge >= 0.3 is 5.88 Å². The molecule has 0 saturated carbocycles. The molecule has 0 unspecified atom stereocenters. The van der Waals surface area contributed by atoms with Crippen LogP contribution < -0.4 is 14.2 Å². The quantitative estimate of drug-likeness (QED) is 0.391. The fraction of sp³-hybridized carbons (Fsp3) is 0.526. The Morgan fingerprint density at radius 2 is 1.65 bits per heavy atom. The number of aryl methyl sites for hydroxylation is 1. The van der Waals surface area contributed by atoms with Gasteiger partial charge in [0.1, 0.15) is 0 Å². The monoisotopic (exact) mass is 317 g/mol. The number of unbranched alkanes of at least 4 members (excludes halogenated alkanes) is 5. The smallest absolute Gasteiger partial charge is 0.423 e. The summed E-state index contributed by atoms with van der Waals surface area (Å²) in [4.78, 5) is 0. The molecular formula is C19H27NO3. The minimum Gasteiger partial charge on any atom is -0.615 e. The van der Waals surface area contributed by atoms with Crippen LogP contribution in [0.1, 0.15) is 51.0 Å². The lowest BCUT2D eigenvalue weighted by molar-refractivity contribution is -0.585. The Hall–Kier alpha value is -1.97. The third-order valence-electron chi connectivity index (χ3n) is 4.28. The maximum absolute atomic E-state index is 12.5. The molecule has 1 aromatic carbocycles. The summed E-state index contributed by atoms with van der Waals surface area (Å²) in [5.41, 5.74) is 1.70. The Bertz CT molecular complexity index is 640. The van der Waals surface area contributed by atoms with Gasteiger partial charge < -0.3 is 14.7 Å². The van der Waals surface area contributed by atoms with Crippen LogP contribution in [0.15, 0.2) is 24.3 Å². The second-order valence-electron chi connectivity index (χ2n) is 5.85. The normalized spacial score (nSPS) is 10.9. The summed E-state index contributed by atoms with van der Waals surface area (Å²) in [5.74, 6) is 0.807. The zero-order valence-corrected chi connectivity index (χ0v) is 14.4. The summed E-state index contributed by atoms with van der Waals surface area (Å²) >= 11 is 0. The van der Waals surface area contributed by atoms with Gasteiger partial charge in [-0.05, 0) is 18.9 Å². The van der Waals surface area contributed by atoms with Crippen molar-refractivity contribution in [2.45, 2.75) is 51.9 Å². The average molecular weight is 317 g/mol. The molecule has 0 radical (unpaired) electrons. The van der Waals surface area contributed by atoms with E-state index in [1.165, 1.54) is 39.2 Å². The molecule has 2 rings (SSSR count). The Balaban J connectivity index is 2.27.